The number of aromatic amines is 1. The molecule has 0 radical (unpaired) electrons. The molecule has 0 aliphatic carbocycles. The average molecular weight is 251 g/mol. The SMILES string of the molecule is CN(C=O)C(=NCl)Nc1c[nH]c2ccccc12. The van der Waals surface area contributed by atoms with Crippen molar-refractivity contribution >= 4 is 40.7 Å². The standard InChI is InChI=1S/C11H11ClN4O/c1-16(7-17)11(15-12)14-10-6-13-9-5-3-2-4-8(9)10/h2-7,13H,1H3,(H,14,15). The lowest BCUT2D eigenvalue weighted by Gasteiger charge is -2.13. The van der Waals surface area contributed by atoms with E-state index >= 15 is 0 Å². The summed E-state index contributed by atoms with van der Waals surface area (Å²) in [5.41, 5.74) is 1.81. The molecule has 0 bridgehead atoms. The fourth-order valence-corrected chi connectivity index (χ4v) is 1.68. The molecule has 0 unspecified atom stereocenters. The highest BCUT2D eigenvalue weighted by Crippen LogP contribution is 2.22. The van der Waals surface area contributed by atoms with Crippen molar-refractivity contribution in [2.24, 2.45) is 4.51 Å². The number of anilines is 1. The van der Waals surface area contributed by atoms with Gasteiger partial charge in [-0.1, -0.05) is 18.2 Å². The molecule has 0 saturated heterocycles. The molecule has 1 heterocycles. The van der Waals surface area contributed by atoms with E-state index in [1.165, 1.54) is 4.90 Å². The van der Waals surface area contributed by atoms with Gasteiger partial charge in [0.05, 0.1) is 5.69 Å². The van der Waals surface area contributed by atoms with E-state index < -0.39 is 0 Å². The summed E-state index contributed by atoms with van der Waals surface area (Å²) >= 11 is 5.42. The number of fused-ring (bicyclic) bond motifs is 1. The highest BCUT2D eigenvalue weighted by molar-refractivity contribution is 6.22. The number of nitrogens with zero attached hydrogens (tertiary/aromatic N) is 2. The van der Waals surface area contributed by atoms with Crippen LogP contribution in [0.4, 0.5) is 5.69 Å². The van der Waals surface area contributed by atoms with Crippen LogP contribution >= 0.6 is 11.8 Å². The maximum absolute atomic E-state index is 10.6. The first-order chi connectivity index (χ1) is 8.26. The van der Waals surface area contributed by atoms with Crippen LogP contribution in [0.1, 0.15) is 0 Å². The van der Waals surface area contributed by atoms with Crippen molar-refractivity contribution in [3.63, 3.8) is 0 Å². The van der Waals surface area contributed by atoms with Gasteiger partial charge in [0.15, 0.2) is 0 Å². The molecule has 0 saturated carbocycles. The van der Waals surface area contributed by atoms with E-state index in [1.54, 1.807) is 13.2 Å². The van der Waals surface area contributed by atoms with Gasteiger partial charge in [0.25, 0.3) is 0 Å². The van der Waals surface area contributed by atoms with Crippen LogP contribution in [0.2, 0.25) is 0 Å². The zero-order valence-corrected chi connectivity index (χ0v) is 9.90. The van der Waals surface area contributed by atoms with E-state index in [0.717, 1.165) is 16.6 Å². The molecule has 2 N–H and O–H groups in total. The van der Waals surface area contributed by atoms with Gasteiger partial charge in [-0.25, -0.2) is 0 Å². The smallest absolute Gasteiger partial charge is 0.222 e. The first kappa shape index (κ1) is 11.5. The van der Waals surface area contributed by atoms with Gasteiger partial charge in [-0.05, 0) is 6.07 Å². The van der Waals surface area contributed by atoms with Crippen molar-refractivity contribution in [2.45, 2.75) is 0 Å². The molecule has 17 heavy (non-hydrogen) atoms. The first-order valence-corrected chi connectivity index (χ1v) is 5.30. The van der Waals surface area contributed by atoms with Crippen LogP contribution in [0.15, 0.2) is 35.0 Å². The van der Waals surface area contributed by atoms with Gasteiger partial charge in [-0.15, -0.1) is 4.51 Å². The number of hydrogen-bond donors (Lipinski definition) is 2. The summed E-state index contributed by atoms with van der Waals surface area (Å²) in [6.45, 7) is 0. The molecule has 1 aromatic carbocycles. The predicted octanol–water partition coefficient (Wildman–Crippen LogP) is 2.18. The maximum Gasteiger partial charge on any atom is 0.222 e. The van der Waals surface area contributed by atoms with Gasteiger partial charge in [-0.2, -0.15) is 0 Å². The van der Waals surface area contributed by atoms with Crippen molar-refractivity contribution in [1.29, 1.82) is 0 Å². The summed E-state index contributed by atoms with van der Waals surface area (Å²) in [6, 6.07) is 7.79. The topological polar surface area (TPSA) is 60.5 Å². The lowest BCUT2D eigenvalue weighted by molar-refractivity contribution is -0.114. The molecule has 6 heteroatoms. The van der Waals surface area contributed by atoms with Crippen LogP contribution < -0.4 is 5.32 Å². The Kier molecular flexibility index (Phi) is 3.30. The summed E-state index contributed by atoms with van der Waals surface area (Å²) in [7, 11) is 1.57. The van der Waals surface area contributed by atoms with E-state index in [0.29, 0.717) is 6.41 Å². The highest BCUT2D eigenvalue weighted by Gasteiger charge is 2.08. The van der Waals surface area contributed by atoms with Gasteiger partial charge in [0.2, 0.25) is 12.4 Å². The van der Waals surface area contributed by atoms with Gasteiger partial charge in [-0.3, -0.25) is 9.69 Å². The second-order valence-electron chi connectivity index (χ2n) is 3.50. The summed E-state index contributed by atoms with van der Waals surface area (Å²) in [6.07, 6.45) is 2.43. The number of hydrogen-bond acceptors (Lipinski definition) is 2. The van der Waals surface area contributed by atoms with Gasteiger partial charge >= 0.3 is 0 Å². The van der Waals surface area contributed by atoms with Gasteiger partial charge in [0.1, 0.15) is 0 Å². The quantitative estimate of drug-likeness (QED) is 0.488. The molecule has 5 nitrogen and oxygen atoms in total. The Morgan fingerprint density at radius 3 is 3.00 bits per heavy atom. The van der Waals surface area contributed by atoms with Crippen LogP contribution in [-0.2, 0) is 4.79 Å². The molecule has 88 valence electrons. The Hall–Kier alpha value is -2.01. The third-order valence-electron chi connectivity index (χ3n) is 2.41. The summed E-state index contributed by atoms with van der Waals surface area (Å²) < 4.78 is 3.50. The molecule has 0 aliphatic rings. The third-order valence-corrected chi connectivity index (χ3v) is 2.57. The number of aromatic nitrogens is 1. The Morgan fingerprint density at radius 2 is 2.29 bits per heavy atom. The van der Waals surface area contributed by atoms with Crippen LogP contribution in [0, 0.1) is 0 Å². The molecule has 1 aromatic heterocycles. The Balaban J connectivity index is 2.32. The van der Waals surface area contributed by atoms with E-state index in [9.17, 15) is 4.79 Å². The number of guanidine groups is 1. The summed E-state index contributed by atoms with van der Waals surface area (Å²) in [4.78, 5) is 15.0. The molecule has 0 atom stereocenters. The van der Waals surface area contributed by atoms with Crippen LogP contribution in [0.25, 0.3) is 10.9 Å². The number of carbonyl (C=O) groups excluding carboxylic acids is 1. The average Bonchev–Trinajstić information content (AvgIpc) is 2.78. The summed E-state index contributed by atoms with van der Waals surface area (Å²) in [5, 5.41) is 3.99. The molecule has 0 aliphatic heterocycles. The number of rotatable bonds is 2. The van der Waals surface area contributed by atoms with Crippen molar-refractivity contribution in [3.05, 3.63) is 30.5 Å². The minimum absolute atomic E-state index is 0.270. The molecular formula is C11H11ClN4O. The summed E-state index contributed by atoms with van der Waals surface area (Å²) in [5.74, 6) is 0.270. The first-order valence-electron chi connectivity index (χ1n) is 4.96. The van der Waals surface area contributed by atoms with Crippen molar-refractivity contribution in [1.82, 2.24) is 9.88 Å². The number of carbonyl (C=O) groups is 1. The van der Waals surface area contributed by atoms with Crippen LogP contribution in [0.5, 0.6) is 0 Å². The lowest BCUT2D eigenvalue weighted by atomic mass is 10.2. The van der Waals surface area contributed by atoms with E-state index in [2.05, 4.69) is 14.8 Å². The van der Waals surface area contributed by atoms with Crippen molar-refractivity contribution in [2.75, 3.05) is 12.4 Å². The minimum atomic E-state index is 0.270. The third kappa shape index (κ3) is 2.24. The fourth-order valence-electron chi connectivity index (χ4n) is 1.51. The molecule has 0 spiro atoms. The molecule has 0 fully saturated rings. The molecule has 2 aromatic rings. The zero-order valence-electron chi connectivity index (χ0n) is 9.14. The van der Waals surface area contributed by atoms with Crippen LogP contribution in [0.3, 0.4) is 0 Å². The number of nitrogens with one attached hydrogen (secondary N) is 2. The Morgan fingerprint density at radius 1 is 1.53 bits per heavy atom. The number of para-hydroxylation sites is 1. The van der Waals surface area contributed by atoms with Crippen LogP contribution in [-0.4, -0.2) is 29.3 Å². The Bertz CT molecular complexity index is 563. The van der Waals surface area contributed by atoms with Gasteiger partial charge < -0.3 is 10.3 Å². The van der Waals surface area contributed by atoms with Gasteiger partial charge in [0, 0.05) is 35.9 Å². The second kappa shape index (κ2) is 4.88. The monoisotopic (exact) mass is 250 g/mol. The highest BCUT2D eigenvalue weighted by atomic mass is 35.5. The minimum Gasteiger partial charge on any atom is -0.359 e. The number of amides is 1. The largest absolute Gasteiger partial charge is 0.359 e. The Labute approximate surface area is 103 Å². The zero-order chi connectivity index (χ0) is 12.3. The molecule has 1 amide bonds. The predicted molar refractivity (Wildman–Crippen MR) is 69.0 cm³/mol. The number of benzene rings is 1. The number of halogens is 1. The maximum atomic E-state index is 10.6. The normalized spacial score (nSPS) is 11.5. The van der Waals surface area contributed by atoms with Crippen molar-refractivity contribution in [3.8, 4) is 0 Å². The van der Waals surface area contributed by atoms with E-state index in [-0.39, 0.29) is 5.96 Å². The van der Waals surface area contributed by atoms with Crippen molar-refractivity contribution < 1.29 is 4.79 Å². The lowest BCUT2D eigenvalue weighted by Crippen LogP contribution is -2.31. The fraction of sp³-hybridized carbons (Fsp3) is 0.0909. The molecular weight excluding hydrogens is 240 g/mol. The molecule has 2 rings (SSSR count). The second-order valence-corrected chi connectivity index (χ2v) is 3.67. The van der Waals surface area contributed by atoms with E-state index in [4.69, 9.17) is 11.8 Å². The number of H-pyrrole nitrogens is 1. The van der Waals surface area contributed by atoms with E-state index in [1.807, 2.05) is 24.3 Å².